The smallest absolute Gasteiger partial charge is 0.120 e. The average Bonchev–Trinajstić information content (AvgIpc) is 3.30. The van der Waals surface area contributed by atoms with Gasteiger partial charge < -0.3 is 10.5 Å². The average molecular weight is 273 g/mol. The van der Waals surface area contributed by atoms with Gasteiger partial charge in [-0.15, -0.1) is 0 Å². The molecule has 20 heavy (non-hydrogen) atoms. The van der Waals surface area contributed by atoms with Crippen molar-refractivity contribution in [1.82, 2.24) is 0 Å². The number of rotatable bonds is 6. The maximum Gasteiger partial charge on any atom is 0.120 e. The highest BCUT2D eigenvalue weighted by Gasteiger charge is 2.23. The molecule has 0 saturated heterocycles. The van der Waals surface area contributed by atoms with Gasteiger partial charge in [-0.3, -0.25) is 0 Å². The van der Waals surface area contributed by atoms with Gasteiger partial charge in [0.05, 0.1) is 6.10 Å². The van der Waals surface area contributed by atoms with Crippen LogP contribution in [0.5, 0.6) is 5.75 Å². The Labute approximate surface area is 122 Å². The number of hydrogen-bond acceptors (Lipinski definition) is 2. The molecule has 0 bridgehead atoms. The predicted molar refractivity (Wildman–Crippen MR) is 82.8 cm³/mol. The molecule has 1 aromatic rings. The summed E-state index contributed by atoms with van der Waals surface area (Å²) in [7, 11) is 0. The fourth-order valence-electron chi connectivity index (χ4n) is 3.25. The zero-order chi connectivity index (χ0) is 13.8. The molecule has 0 radical (unpaired) electrons. The van der Waals surface area contributed by atoms with E-state index < -0.39 is 0 Å². The van der Waals surface area contributed by atoms with Crippen LogP contribution in [0.2, 0.25) is 0 Å². The van der Waals surface area contributed by atoms with Gasteiger partial charge in [-0.05, 0) is 49.3 Å². The van der Waals surface area contributed by atoms with E-state index in [1.165, 1.54) is 56.9 Å². The van der Waals surface area contributed by atoms with Crippen molar-refractivity contribution in [3.63, 3.8) is 0 Å². The lowest BCUT2D eigenvalue weighted by molar-refractivity contribution is 0.302. The van der Waals surface area contributed by atoms with Gasteiger partial charge in [0.25, 0.3) is 0 Å². The quantitative estimate of drug-likeness (QED) is 0.823. The van der Waals surface area contributed by atoms with Gasteiger partial charge in [0.2, 0.25) is 0 Å². The zero-order valence-electron chi connectivity index (χ0n) is 12.4. The third-order valence-electron chi connectivity index (χ3n) is 4.72. The summed E-state index contributed by atoms with van der Waals surface area (Å²) in [6.07, 6.45) is 12.4. The SMILES string of the molecule is NC(CCC1CCCCC1)c1cccc(OC2CC2)c1. The lowest BCUT2D eigenvalue weighted by atomic mass is 9.84. The molecule has 0 aromatic heterocycles. The molecular weight excluding hydrogens is 246 g/mol. The topological polar surface area (TPSA) is 35.2 Å². The summed E-state index contributed by atoms with van der Waals surface area (Å²) in [6, 6.07) is 8.58. The van der Waals surface area contributed by atoms with E-state index in [2.05, 4.69) is 24.3 Å². The predicted octanol–water partition coefficient (Wildman–Crippen LogP) is 4.59. The van der Waals surface area contributed by atoms with Crippen molar-refractivity contribution in [2.24, 2.45) is 11.7 Å². The van der Waals surface area contributed by atoms with E-state index in [9.17, 15) is 0 Å². The minimum Gasteiger partial charge on any atom is -0.490 e. The first-order valence-electron chi connectivity index (χ1n) is 8.33. The number of ether oxygens (including phenoxy) is 1. The third kappa shape index (κ3) is 3.99. The van der Waals surface area contributed by atoms with Gasteiger partial charge in [0.1, 0.15) is 5.75 Å². The highest BCUT2D eigenvalue weighted by atomic mass is 16.5. The van der Waals surface area contributed by atoms with Crippen molar-refractivity contribution in [3.05, 3.63) is 29.8 Å². The molecule has 2 aliphatic rings. The first-order chi connectivity index (χ1) is 9.81. The Morgan fingerprint density at radius 3 is 2.65 bits per heavy atom. The molecule has 0 spiro atoms. The summed E-state index contributed by atoms with van der Waals surface area (Å²) in [5.41, 5.74) is 7.61. The monoisotopic (exact) mass is 273 g/mol. The summed E-state index contributed by atoms with van der Waals surface area (Å²) in [4.78, 5) is 0. The first kappa shape index (κ1) is 13.9. The maximum absolute atomic E-state index is 6.37. The van der Waals surface area contributed by atoms with Crippen LogP contribution in [0.1, 0.15) is 69.4 Å². The Morgan fingerprint density at radius 1 is 1.10 bits per heavy atom. The molecule has 1 aromatic carbocycles. The Morgan fingerprint density at radius 2 is 1.90 bits per heavy atom. The molecule has 0 aliphatic heterocycles. The van der Waals surface area contributed by atoms with Gasteiger partial charge in [0, 0.05) is 6.04 Å². The number of nitrogens with two attached hydrogens (primary N) is 1. The van der Waals surface area contributed by atoms with Crippen LogP contribution < -0.4 is 10.5 Å². The van der Waals surface area contributed by atoms with E-state index in [-0.39, 0.29) is 6.04 Å². The molecule has 2 fully saturated rings. The molecule has 0 amide bonds. The second kappa shape index (κ2) is 6.62. The molecule has 3 rings (SSSR count). The Hall–Kier alpha value is -1.02. The van der Waals surface area contributed by atoms with Crippen LogP contribution >= 0.6 is 0 Å². The molecule has 110 valence electrons. The minimum atomic E-state index is 0.166. The maximum atomic E-state index is 6.37. The Balaban J connectivity index is 1.51. The van der Waals surface area contributed by atoms with E-state index in [0.29, 0.717) is 6.10 Å². The number of benzene rings is 1. The molecule has 2 saturated carbocycles. The zero-order valence-corrected chi connectivity index (χ0v) is 12.4. The van der Waals surface area contributed by atoms with Crippen molar-refractivity contribution in [3.8, 4) is 5.75 Å². The van der Waals surface area contributed by atoms with E-state index in [1.54, 1.807) is 0 Å². The summed E-state index contributed by atoms with van der Waals surface area (Å²) >= 11 is 0. The fourth-order valence-corrected chi connectivity index (χ4v) is 3.25. The normalized spacial score (nSPS) is 21.6. The van der Waals surface area contributed by atoms with Gasteiger partial charge in [-0.2, -0.15) is 0 Å². The lowest BCUT2D eigenvalue weighted by Crippen LogP contribution is -2.14. The minimum absolute atomic E-state index is 0.166. The van der Waals surface area contributed by atoms with Crippen molar-refractivity contribution in [2.75, 3.05) is 0 Å². The molecule has 1 atom stereocenters. The summed E-state index contributed by atoms with van der Waals surface area (Å²) in [5.74, 6) is 1.92. The van der Waals surface area contributed by atoms with E-state index in [4.69, 9.17) is 10.5 Å². The van der Waals surface area contributed by atoms with Crippen molar-refractivity contribution < 1.29 is 4.74 Å². The lowest BCUT2D eigenvalue weighted by Gasteiger charge is -2.23. The molecule has 1 unspecified atom stereocenters. The van der Waals surface area contributed by atoms with Crippen LogP contribution in [0.25, 0.3) is 0 Å². The van der Waals surface area contributed by atoms with E-state index >= 15 is 0 Å². The molecule has 2 aliphatic carbocycles. The largest absolute Gasteiger partial charge is 0.490 e. The van der Waals surface area contributed by atoms with Crippen molar-refractivity contribution in [2.45, 2.75) is 69.9 Å². The second-order valence-corrected chi connectivity index (χ2v) is 6.58. The van der Waals surface area contributed by atoms with Crippen LogP contribution in [-0.4, -0.2) is 6.10 Å². The van der Waals surface area contributed by atoms with Gasteiger partial charge in [-0.25, -0.2) is 0 Å². The van der Waals surface area contributed by atoms with Crippen LogP contribution in [0.15, 0.2) is 24.3 Å². The van der Waals surface area contributed by atoms with Crippen molar-refractivity contribution >= 4 is 0 Å². The fraction of sp³-hybridized carbons (Fsp3) is 0.667. The van der Waals surface area contributed by atoms with Gasteiger partial charge in [0.15, 0.2) is 0 Å². The summed E-state index contributed by atoms with van der Waals surface area (Å²) in [5, 5.41) is 0. The first-order valence-corrected chi connectivity index (χ1v) is 8.33. The molecule has 2 nitrogen and oxygen atoms in total. The molecule has 0 heterocycles. The van der Waals surface area contributed by atoms with E-state index in [1.807, 2.05) is 0 Å². The third-order valence-corrected chi connectivity index (χ3v) is 4.72. The van der Waals surface area contributed by atoms with Crippen LogP contribution in [0, 0.1) is 5.92 Å². The van der Waals surface area contributed by atoms with E-state index in [0.717, 1.165) is 18.1 Å². The van der Waals surface area contributed by atoms with Gasteiger partial charge >= 0.3 is 0 Å². The standard InChI is InChI=1S/C18H27NO/c19-18(12-9-14-5-2-1-3-6-14)15-7-4-8-17(13-15)20-16-10-11-16/h4,7-8,13-14,16,18H,1-3,5-6,9-12,19H2. The molecular formula is C18H27NO. The highest BCUT2D eigenvalue weighted by Crippen LogP contribution is 2.31. The second-order valence-electron chi connectivity index (χ2n) is 6.58. The number of hydrogen-bond donors (Lipinski definition) is 1. The van der Waals surface area contributed by atoms with Crippen LogP contribution in [0.3, 0.4) is 0 Å². The molecule has 2 N–H and O–H groups in total. The van der Waals surface area contributed by atoms with Crippen LogP contribution in [-0.2, 0) is 0 Å². The summed E-state index contributed by atoms with van der Waals surface area (Å²) < 4.78 is 5.86. The highest BCUT2D eigenvalue weighted by molar-refractivity contribution is 5.30. The van der Waals surface area contributed by atoms with Gasteiger partial charge in [-0.1, -0.05) is 44.2 Å². The van der Waals surface area contributed by atoms with Crippen LogP contribution in [0.4, 0.5) is 0 Å². The van der Waals surface area contributed by atoms with Crippen molar-refractivity contribution in [1.29, 1.82) is 0 Å². The Bertz CT molecular complexity index is 421. The Kier molecular flexibility index (Phi) is 4.62. The molecule has 2 heteroatoms. The summed E-state index contributed by atoms with van der Waals surface area (Å²) in [6.45, 7) is 0.